The van der Waals surface area contributed by atoms with Crippen LogP contribution < -0.4 is 4.90 Å². The first-order chi connectivity index (χ1) is 9.97. The van der Waals surface area contributed by atoms with Gasteiger partial charge in [-0.25, -0.2) is 4.98 Å². The molecule has 0 aliphatic carbocycles. The van der Waals surface area contributed by atoms with Crippen molar-refractivity contribution in [3.05, 3.63) is 23.4 Å². The number of hydrogen-bond acceptors (Lipinski definition) is 5. The minimum absolute atomic E-state index is 0.00143. The van der Waals surface area contributed by atoms with Crippen LogP contribution in [-0.2, 0) is 17.8 Å². The maximum atomic E-state index is 9.44. The number of hydrogen-bond donors (Lipinski definition) is 2. The van der Waals surface area contributed by atoms with Crippen molar-refractivity contribution in [1.82, 2.24) is 4.98 Å². The average Bonchev–Trinajstić information content (AvgIpc) is 2.45. The summed E-state index contributed by atoms with van der Waals surface area (Å²) < 4.78 is 5.84. The molecule has 0 aromatic carbocycles. The van der Waals surface area contributed by atoms with E-state index in [2.05, 4.69) is 11.8 Å². The molecule has 0 spiro atoms. The summed E-state index contributed by atoms with van der Waals surface area (Å²) >= 11 is 0. The molecule has 1 saturated heterocycles. The molecule has 2 rings (SSSR count). The molecule has 0 amide bonds. The maximum Gasteiger partial charge on any atom is 0.129 e. The Hall–Kier alpha value is -1.17. The normalized spacial score (nSPS) is 21.6. The van der Waals surface area contributed by atoms with E-state index in [0.717, 1.165) is 36.5 Å². The van der Waals surface area contributed by atoms with Crippen LogP contribution in [0.1, 0.15) is 38.4 Å². The maximum absolute atomic E-state index is 9.44. The Morgan fingerprint density at radius 1 is 1.38 bits per heavy atom. The summed E-state index contributed by atoms with van der Waals surface area (Å²) in [6.07, 6.45) is 1.72. The number of ether oxygens (including phenoxy) is 1. The molecule has 0 radical (unpaired) electrons. The van der Waals surface area contributed by atoms with Crippen molar-refractivity contribution in [2.45, 2.75) is 51.9 Å². The van der Waals surface area contributed by atoms with Gasteiger partial charge >= 0.3 is 0 Å². The lowest BCUT2D eigenvalue weighted by atomic mass is 10.0. The smallest absolute Gasteiger partial charge is 0.129 e. The van der Waals surface area contributed by atoms with E-state index in [1.54, 1.807) is 0 Å². The van der Waals surface area contributed by atoms with Crippen LogP contribution in [0, 0.1) is 0 Å². The van der Waals surface area contributed by atoms with E-state index in [4.69, 9.17) is 9.72 Å². The Bertz CT molecular complexity index is 477. The molecule has 1 aliphatic heterocycles. The van der Waals surface area contributed by atoms with Crippen LogP contribution in [0.3, 0.4) is 0 Å². The van der Waals surface area contributed by atoms with E-state index in [-0.39, 0.29) is 24.9 Å². The van der Waals surface area contributed by atoms with Crippen molar-refractivity contribution >= 4 is 5.82 Å². The van der Waals surface area contributed by atoms with E-state index in [0.29, 0.717) is 6.54 Å². The quantitative estimate of drug-likeness (QED) is 0.861. The van der Waals surface area contributed by atoms with Crippen molar-refractivity contribution in [2.24, 2.45) is 0 Å². The second-order valence-electron chi connectivity index (χ2n) is 6.30. The van der Waals surface area contributed by atoms with Crippen LogP contribution in [0.5, 0.6) is 0 Å². The molecule has 1 aliphatic rings. The van der Waals surface area contributed by atoms with Crippen LogP contribution >= 0.6 is 0 Å². The van der Waals surface area contributed by atoms with Crippen LogP contribution in [0.15, 0.2) is 12.1 Å². The van der Waals surface area contributed by atoms with Gasteiger partial charge in [-0.05, 0) is 38.0 Å². The number of aliphatic hydroxyl groups is 2. The van der Waals surface area contributed by atoms with Crippen molar-refractivity contribution < 1.29 is 14.9 Å². The zero-order valence-electron chi connectivity index (χ0n) is 13.2. The zero-order valence-corrected chi connectivity index (χ0v) is 13.2. The third-order valence-electron chi connectivity index (χ3n) is 3.62. The first-order valence-electron chi connectivity index (χ1n) is 7.61. The van der Waals surface area contributed by atoms with Crippen molar-refractivity contribution in [1.29, 1.82) is 0 Å². The van der Waals surface area contributed by atoms with Crippen LogP contribution in [0.25, 0.3) is 0 Å². The minimum atomic E-state index is -0.326. The molecule has 118 valence electrons. The number of pyridine rings is 1. The number of morpholine rings is 1. The van der Waals surface area contributed by atoms with Gasteiger partial charge < -0.3 is 19.8 Å². The van der Waals surface area contributed by atoms with Crippen molar-refractivity contribution in [2.75, 3.05) is 24.6 Å². The van der Waals surface area contributed by atoms with Crippen molar-refractivity contribution in [3.8, 4) is 0 Å². The summed E-state index contributed by atoms with van der Waals surface area (Å²) in [4.78, 5) is 6.85. The minimum Gasteiger partial charge on any atom is -0.394 e. The van der Waals surface area contributed by atoms with E-state index in [1.807, 2.05) is 26.0 Å². The van der Waals surface area contributed by atoms with Crippen molar-refractivity contribution in [3.63, 3.8) is 0 Å². The molecule has 0 saturated carbocycles. The lowest BCUT2D eigenvalue weighted by molar-refractivity contribution is -0.101. The van der Waals surface area contributed by atoms with Gasteiger partial charge in [0.1, 0.15) is 5.82 Å². The molecule has 1 unspecified atom stereocenters. The Morgan fingerprint density at radius 2 is 2.14 bits per heavy atom. The topological polar surface area (TPSA) is 65.8 Å². The van der Waals surface area contributed by atoms with Gasteiger partial charge in [-0.2, -0.15) is 0 Å². The lowest BCUT2D eigenvalue weighted by Crippen LogP contribution is -2.54. The largest absolute Gasteiger partial charge is 0.394 e. The number of aryl methyl sites for hydroxylation is 1. The lowest BCUT2D eigenvalue weighted by Gasteiger charge is -2.43. The summed E-state index contributed by atoms with van der Waals surface area (Å²) in [7, 11) is 0. The number of anilines is 1. The monoisotopic (exact) mass is 294 g/mol. The Kier molecular flexibility index (Phi) is 5.19. The molecule has 2 N–H and O–H groups in total. The van der Waals surface area contributed by atoms with E-state index in [9.17, 15) is 10.2 Å². The van der Waals surface area contributed by atoms with E-state index < -0.39 is 0 Å². The van der Waals surface area contributed by atoms with Gasteiger partial charge in [0, 0.05) is 18.8 Å². The summed E-state index contributed by atoms with van der Waals surface area (Å²) in [5.74, 6) is 0.861. The number of nitrogens with zero attached hydrogens (tertiary/aromatic N) is 2. The molecule has 21 heavy (non-hydrogen) atoms. The summed E-state index contributed by atoms with van der Waals surface area (Å²) in [5.41, 5.74) is 1.56. The molecule has 1 aromatic heterocycles. The molecule has 5 heteroatoms. The van der Waals surface area contributed by atoms with Gasteiger partial charge in [-0.15, -0.1) is 0 Å². The molecule has 1 atom stereocenters. The summed E-state index contributed by atoms with van der Waals surface area (Å²) in [5, 5.41) is 18.9. The predicted molar refractivity (Wildman–Crippen MR) is 82.4 cm³/mol. The van der Waals surface area contributed by atoms with Gasteiger partial charge in [0.05, 0.1) is 24.9 Å². The molecule has 1 fully saturated rings. The standard InChI is InChI=1S/C16H26N2O3/c1-4-5-13-6-12(9-19)7-15(17-13)18-8-14(10-20)21-16(2,3)11-18/h6-7,14,19-20H,4-5,8-11H2,1-3H3. The summed E-state index contributed by atoms with van der Waals surface area (Å²) in [6, 6.07) is 3.89. The fourth-order valence-corrected chi connectivity index (χ4v) is 2.84. The highest BCUT2D eigenvalue weighted by Gasteiger charge is 2.33. The first kappa shape index (κ1) is 16.2. The third kappa shape index (κ3) is 4.15. The molecule has 5 nitrogen and oxygen atoms in total. The van der Waals surface area contributed by atoms with E-state index >= 15 is 0 Å². The van der Waals surface area contributed by atoms with Gasteiger partial charge in [-0.1, -0.05) is 13.3 Å². The fraction of sp³-hybridized carbons (Fsp3) is 0.688. The van der Waals surface area contributed by atoms with E-state index in [1.165, 1.54) is 0 Å². The average molecular weight is 294 g/mol. The Morgan fingerprint density at radius 3 is 2.76 bits per heavy atom. The van der Waals surface area contributed by atoms with Gasteiger partial charge in [0.2, 0.25) is 0 Å². The Labute approximate surface area is 126 Å². The second kappa shape index (κ2) is 6.73. The highest BCUT2D eigenvalue weighted by atomic mass is 16.5. The number of aliphatic hydroxyl groups excluding tert-OH is 2. The highest BCUT2D eigenvalue weighted by Crippen LogP contribution is 2.26. The molecular formula is C16H26N2O3. The van der Waals surface area contributed by atoms with Crippen LogP contribution in [0.2, 0.25) is 0 Å². The highest BCUT2D eigenvalue weighted by molar-refractivity contribution is 5.44. The molecule has 2 heterocycles. The van der Waals surface area contributed by atoms with Crippen LogP contribution in [-0.4, -0.2) is 46.6 Å². The van der Waals surface area contributed by atoms with Gasteiger partial charge in [0.15, 0.2) is 0 Å². The fourth-order valence-electron chi connectivity index (χ4n) is 2.84. The second-order valence-corrected chi connectivity index (χ2v) is 6.30. The SMILES string of the molecule is CCCc1cc(CO)cc(N2CC(CO)OC(C)(C)C2)n1. The number of aromatic nitrogens is 1. The van der Waals surface area contributed by atoms with Gasteiger partial charge in [-0.3, -0.25) is 0 Å². The third-order valence-corrected chi connectivity index (χ3v) is 3.62. The molecule has 1 aromatic rings. The predicted octanol–water partition coefficient (Wildman–Crippen LogP) is 1.50. The molecular weight excluding hydrogens is 268 g/mol. The van der Waals surface area contributed by atoms with Gasteiger partial charge in [0.25, 0.3) is 0 Å². The first-order valence-corrected chi connectivity index (χ1v) is 7.61. The zero-order chi connectivity index (χ0) is 15.5. The summed E-state index contributed by atoms with van der Waals surface area (Å²) in [6.45, 7) is 7.51. The number of rotatable bonds is 5. The Balaban J connectivity index is 2.28. The van der Waals surface area contributed by atoms with Crippen LogP contribution in [0.4, 0.5) is 5.82 Å². The molecule has 0 bridgehead atoms.